The highest BCUT2D eigenvalue weighted by Gasteiger charge is 2.05. The highest BCUT2D eigenvalue weighted by molar-refractivity contribution is 6.29. The molecule has 0 fully saturated rings. The molecule has 0 atom stereocenters. The van der Waals surface area contributed by atoms with Gasteiger partial charge < -0.3 is 0 Å². The molecule has 0 aromatic heterocycles. The molecule has 0 aromatic carbocycles. The summed E-state index contributed by atoms with van der Waals surface area (Å²) in [4.78, 5) is 0. The normalized spacial score (nSPS) is 12.6. The molecule has 66 valence electrons. The fourth-order valence-electron chi connectivity index (χ4n) is 0.723. The van der Waals surface area contributed by atoms with Gasteiger partial charge in [-0.15, -0.1) is 0 Å². The Kier molecular flexibility index (Phi) is 6.52. The van der Waals surface area contributed by atoms with E-state index in [2.05, 4.69) is 6.92 Å². The van der Waals surface area contributed by atoms with Gasteiger partial charge in [-0.05, 0) is 12.8 Å². The molecule has 0 aliphatic heterocycles. The summed E-state index contributed by atoms with van der Waals surface area (Å²) in [7, 11) is 0. The van der Waals surface area contributed by atoms with E-state index in [-0.39, 0.29) is 5.03 Å². The van der Waals surface area contributed by atoms with E-state index < -0.39 is 6.43 Å². The third-order valence-electron chi connectivity index (χ3n) is 1.36. The van der Waals surface area contributed by atoms with Gasteiger partial charge in [0.15, 0.2) is 0 Å². The van der Waals surface area contributed by atoms with Crippen molar-refractivity contribution in [3.8, 4) is 0 Å². The average Bonchev–Trinajstić information content (AvgIpc) is 1.97. The fraction of sp³-hybridized carbons (Fsp3) is 0.750. The highest BCUT2D eigenvalue weighted by atomic mass is 35.5. The van der Waals surface area contributed by atoms with E-state index in [9.17, 15) is 8.78 Å². The van der Waals surface area contributed by atoms with Gasteiger partial charge in [0, 0.05) is 0 Å². The lowest BCUT2D eigenvalue weighted by Crippen LogP contribution is -1.88. The van der Waals surface area contributed by atoms with Crippen LogP contribution in [0.3, 0.4) is 0 Å². The van der Waals surface area contributed by atoms with Gasteiger partial charge in [0.1, 0.15) is 0 Å². The summed E-state index contributed by atoms with van der Waals surface area (Å²) in [5.41, 5.74) is 0. The lowest BCUT2D eigenvalue weighted by molar-refractivity contribution is 0.198. The van der Waals surface area contributed by atoms with E-state index in [1.807, 2.05) is 0 Å². The molecule has 0 rings (SSSR count). The van der Waals surface area contributed by atoms with Crippen LogP contribution in [0.4, 0.5) is 8.78 Å². The molecule has 11 heavy (non-hydrogen) atoms. The second-order valence-electron chi connectivity index (χ2n) is 2.39. The van der Waals surface area contributed by atoms with Crippen molar-refractivity contribution in [2.75, 3.05) is 0 Å². The quantitative estimate of drug-likeness (QED) is 0.565. The standard InChI is InChI=1S/C8H13ClF2/c1-2-3-4-5-6-7(9)8(10)11/h6,8H,2-5H2,1H3/b7-6-. The minimum atomic E-state index is -2.50. The second-order valence-corrected chi connectivity index (χ2v) is 2.82. The van der Waals surface area contributed by atoms with Crippen LogP contribution in [0.5, 0.6) is 0 Å². The van der Waals surface area contributed by atoms with Crippen molar-refractivity contribution < 1.29 is 8.78 Å². The Labute approximate surface area is 71.2 Å². The van der Waals surface area contributed by atoms with E-state index in [0.29, 0.717) is 6.42 Å². The molecule has 0 nitrogen and oxygen atoms in total. The maximum Gasteiger partial charge on any atom is 0.273 e. The van der Waals surface area contributed by atoms with Gasteiger partial charge in [-0.2, -0.15) is 0 Å². The van der Waals surface area contributed by atoms with Crippen LogP contribution in [-0.2, 0) is 0 Å². The molecule has 0 unspecified atom stereocenters. The van der Waals surface area contributed by atoms with Gasteiger partial charge in [0.2, 0.25) is 0 Å². The zero-order valence-electron chi connectivity index (χ0n) is 6.62. The Bertz CT molecular complexity index is 121. The number of hydrogen-bond donors (Lipinski definition) is 0. The molecule has 0 heterocycles. The van der Waals surface area contributed by atoms with Gasteiger partial charge in [-0.3, -0.25) is 0 Å². The van der Waals surface area contributed by atoms with Crippen LogP contribution in [0.2, 0.25) is 0 Å². The molecule has 0 bridgehead atoms. The summed E-state index contributed by atoms with van der Waals surface area (Å²) >= 11 is 5.21. The van der Waals surface area contributed by atoms with Gasteiger partial charge >= 0.3 is 0 Å². The number of hydrogen-bond acceptors (Lipinski definition) is 0. The minimum absolute atomic E-state index is 0.318. The number of unbranched alkanes of at least 4 members (excludes halogenated alkanes) is 3. The monoisotopic (exact) mass is 182 g/mol. The van der Waals surface area contributed by atoms with Crippen molar-refractivity contribution in [3.63, 3.8) is 0 Å². The first kappa shape index (κ1) is 10.9. The van der Waals surface area contributed by atoms with Crippen molar-refractivity contribution in [2.24, 2.45) is 0 Å². The predicted molar refractivity (Wildman–Crippen MR) is 44.1 cm³/mol. The van der Waals surface area contributed by atoms with Crippen LogP contribution in [0.25, 0.3) is 0 Å². The SMILES string of the molecule is CCCCC/C=C(\Cl)C(F)F. The molecule has 0 saturated heterocycles. The molecule has 0 N–H and O–H groups in total. The predicted octanol–water partition coefficient (Wildman–Crippen LogP) is 3.95. The first-order valence-electron chi connectivity index (χ1n) is 3.82. The average molecular weight is 183 g/mol. The summed E-state index contributed by atoms with van der Waals surface area (Å²) in [6.45, 7) is 2.07. The molecule has 3 heteroatoms. The fourth-order valence-corrected chi connectivity index (χ4v) is 0.832. The Morgan fingerprint density at radius 2 is 2.09 bits per heavy atom. The maximum absolute atomic E-state index is 11.7. The van der Waals surface area contributed by atoms with Crippen molar-refractivity contribution in [1.82, 2.24) is 0 Å². The summed E-state index contributed by atoms with van der Waals surface area (Å²) in [5, 5.41) is -0.318. The third kappa shape index (κ3) is 6.29. The van der Waals surface area contributed by atoms with Gasteiger partial charge in [0.05, 0.1) is 5.03 Å². The van der Waals surface area contributed by atoms with E-state index in [1.165, 1.54) is 6.08 Å². The smallest absolute Gasteiger partial charge is 0.204 e. The first-order chi connectivity index (χ1) is 5.18. The van der Waals surface area contributed by atoms with E-state index in [4.69, 9.17) is 11.6 Å². The van der Waals surface area contributed by atoms with E-state index >= 15 is 0 Å². The molecule has 0 aliphatic carbocycles. The largest absolute Gasteiger partial charge is 0.273 e. The maximum atomic E-state index is 11.7. The van der Waals surface area contributed by atoms with Crippen LogP contribution in [-0.4, -0.2) is 6.43 Å². The summed E-state index contributed by atoms with van der Waals surface area (Å²) in [6, 6.07) is 0. The summed E-state index contributed by atoms with van der Waals surface area (Å²) in [5.74, 6) is 0. The van der Waals surface area contributed by atoms with Crippen molar-refractivity contribution >= 4 is 11.6 Å². The molecule has 0 radical (unpaired) electrons. The third-order valence-corrected chi connectivity index (χ3v) is 1.67. The van der Waals surface area contributed by atoms with Gasteiger partial charge in [-0.25, -0.2) is 8.78 Å². The molecular weight excluding hydrogens is 170 g/mol. The van der Waals surface area contributed by atoms with Gasteiger partial charge in [-0.1, -0.05) is 37.4 Å². The highest BCUT2D eigenvalue weighted by Crippen LogP contribution is 2.14. The molecule has 0 amide bonds. The zero-order valence-corrected chi connectivity index (χ0v) is 7.37. The van der Waals surface area contributed by atoms with E-state index in [1.54, 1.807) is 0 Å². The first-order valence-corrected chi connectivity index (χ1v) is 4.20. The molecule has 0 aliphatic rings. The number of rotatable bonds is 5. The zero-order chi connectivity index (χ0) is 8.69. The van der Waals surface area contributed by atoms with Crippen LogP contribution in [0.15, 0.2) is 11.1 Å². The van der Waals surface area contributed by atoms with E-state index in [0.717, 1.165) is 19.3 Å². The van der Waals surface area contributed by atoms with Crippen LogP contribution in [0.1, 0.15) is 32.6 Å². The summed E-state index contributed by atoms with van der Waals surface area (Å²) in [6.07, 6.45) is 2.68. The second kappa shape index (κ2) is 6.59. The van der Waals surface area contributed by atoms with Crippen LogP contribution >= 0.6 is 11.6 Å². The Morgan fingerprint density at radius 1 is 1.45 bits per heavy atom. The lowest BCUT2D eigenvalue weighted by atomic mass is 10.2. The van der Waals surface area contributed by atoms with Crippen molar-refractivity contribution in [3.05, 3.63) is 11.1 Å². The topological polar surface area (TPSA) is 0 Å². The number of halogens is 3. The molecular formula is C8H13ClF2. The number of alkyl halides is 2. The summed E-state index contributed by atoms with van der Waals surface area (Å²) < 4.78 is 23.5. The van der Waals surface area contributed by atoms with Crippen molar-refractivity contribution in [2.45, 2.75) is 39.0 Å². The van der Waals surface area contributed by atoms with Crippen LogP contribution < -0.4 is 0 Å². The Hall–Kier alpha value is -0.110. The molecule has 0 spiro atoms. The van der Waals surface area contributed by atoms with Crippen molar-refractivity contribution in [1.29, 1.82) is 0 Å². The lowest BCUT2D eigenvalue weighted by Gasteiger charge is -1.95. The Morgan fingerprint density at radius 3 is 2.55 bits per heavy atom. The van der Waals surface area contributed by atoms with Gasteiger partial charge in [0.25, 0.3) is 6.43 Å². The Balaban J connectivity index is 3.40. The minimum Gasteiger partial charge on any atom is -0.204 e. The van der Waals surface area contributed by atoms with Crippen LogP contribution in [0, 0.1) is 0 Å². The molecule has 0 saturated carbocycles. The number of allylic oxidation sites excluding steroid dienone is 2. The molecule has 0 aromatic rings.